The number of ether oxygens (including phenoxy) is 1. The van der Waals surface area contributed by atoms with Crippen molar-refractivity contribution in [2.45, 2.75) is 43.6 Å². The van der Waals surface area contributed by atoms with Gasteiger partial charge in [-0.1, -0.05) is 35.0 Å². The summed E-state index contributed by atoms with van der Waals surface area (Å²) in [6.45, 7) is 2.92. The lowest BCUT2D eigenvalue weighted by atomic mass is 9.90. The van der Waals surface area contributed by atoms with Gasteiger partial charge >= 0.3 is 0 Å². The van der Waals surface area contributed by atoms with Gasteiger partial charge in [0.05, 0.1) is 0 Å². The lowest BCUT2D eigenvalue weighted by molar-refractivity contribution is -0.0825. The molecule has 134 valence electrons. The molecule has 1 aliphatic heterocycles. The molecule has 0 amide bonds. The van der Waals surface area contributed by atoms with E-state index in [9.17, 15) is 0 Å². The Kier molecular flexibility index (Phi) is 4.80. The molecule has 1 aromatic carbocycles. The van der Waals surface area contributed by atoms with Crippen molar-refractivity contribution in [3.63, 3.8) is 0 Å². The number of hydrogen-bond donors (Lipinski definition) is 0. The molecular weight excluding hydrogens is 338 g/mol. The fourth-order valence-corrected chi connectivity index (χ4v) is 3.78. The van der Waals surface area contributed by atoms with E-state index in [0.29, 0.717) is 11.8 Å². The number of nitrogens with zero attached hydrogens (tertiary/aromatic N) is 3. The first-order valence-electron chi connectivity index (χ1n) is 9.05. The molecule has 0 atom stereocenters. The second-order valence-corrected chi connectivity index (χ2v) is 7.52. The van der Waals surface area contributed by atoms with Gasteiger partial charge in [-0.05, 0) is 43.7 Å². The van der Waals surface area contributed by atoms with Gasteiger partial charge in [0.2, 0.25) is 0 Å². The minimum Gasteiger partial charge on any atom is -0.368 e. The van der Waals surface area contributed by atoms with Crippen molar-refractivity contribution in [2.24, 2.45) is 0 Å². The zero-order valence-corrected chi connectivity index (χ0v) is 15.3. The Bertz CT molecular complexity index is 721. The minimum atomic E-state index is -0.430. The van der Waals surface area contributed by atoms with Crippen molar-refractivity contribution in [1.82, 2.24) is 15.0 Å². The van der Waals surface area contributed by atoms with Gasteiger partial charge < -0.3 is 14.2 Å². The molecule has 0 spiro atoms. The summed E-state index contributed by atoms with van der Waals surface area (Å²) in [6, 6.07) is 8.07. The standard InChI is InChI=1S/C19H24ClN3O2/c1-24-19(18-21-17(22-25-18)15-6-7-15)9-12-23(13-10-19)11-8-14-4-2-3-5-16(14)20/h2-5,15H,6-13H2,1H3. The highest BCUT2D eigenvalue weighted by Gasteiger charge is 2.42. The number of likely N-dealkylation sites (tertiary alicyclic amines) is 1. The molecule has 2 fully saturated rings. The van der Waals surface area contributed by atoms with Crippen LogP contribution in [0, 0.1) is 0 Å². The molecule has 0 unspecified atom stereocenters. The molecule has 4 rings (SSSR count). The van der Waals surface area contributed by atoms with Crippen LogP contribution in [0.4, 0.5) is 0 Å². The molecule has 1 saturated carbocycles. The number of halogens is 1. The molecule has 0 radical (unpaired) electrons. The van der Waals surface area contributed by atoms with Gasteiger partial charge in [-0.25, -0.2) is 0 Å². The summed E-state index contributed by atoms with van der Waals surface area (Å²) >= 11 is 6.26. The van der Waals surface area contributed by atoms with E-state index in [0.717, 1.165) is 49.7 Å². The Morgan fingerprint density at radius 1 is 1.28 bits per heavy atom. The van der Waals surface area contributed by atoms with Crippen molar-refractivity contribution in [3.05, 3.63) is 46.6 Å². The molecule has 2 heterocycles. The van der Waals surface area contributed by atoms with Gasteiger partial charge in [0.1, 0.15) is 5.60 Å². The number of hydrogen-bond acceptors (Lipinski definition) is 5. The third kappa shape index (κ3) is 3.59. The van der Waals surface area contributed by atoms with E-state index in [1.54, 1.807) is 7.11 Å². The summed E-state index contributed by atoms with van der Waals surface area (Å²) in [4.78, 5) is 7.09. The summed E-state index contributed by atoms with van der Waals surface area (Å²) in [5.41, 5.74) is 0.778. The molecule has 25 heavy (non-hydrogen) atoms. The largest absolute Gasteiger partial charge is 0.368 e. The minimum absolute atomic E-state index is 0.430. The summed E-state index contributed by atoms with van der Waals surface area (Å²) in [6.07, 6.45) is 5.06. The molecule has 0 bridgehead atoms. The van der Waals surface area contributed by atoms with E-state index in [2.05, 4.69) is 21.1 Å². The first-order valence-corrected chi connectivity index (χ1v) is 9.43. The highest BCUT2D eigenvalue weighted by atomic mass is 35.5. The molecule has 1 aromatic heterocycles. The number of rotatable bonds is 6. The van der Waals surface area contributed by atoms with Crippen LogP contribution in [0.2, 0.25) is 5.02 Å². The number of benzene rings is 1. The Morgan fingerprint density at radius 3 is 2.72 bits per heavy atom. The molecule has 6 heteroatoms. The van der Waals surface area contributed by atoms with Crippen molar-refractivity contribution < 1.29 is 9.26 Å². The van der Waals surface area contributed by atoms with Crippen LogP contribution in [0.1, 0.15) is 48.9 Å². The van der Waals surface area contributed by atoms with E-state index < -0.39 is 5.60 Å². The second kappa shape index (κ2) is 7.06. The smallest absolute Gasteiger partial charge is 0.258 e. The summed E-state index contributed by atoms with van der Waals surface area (Å²) < 4.78 is 11.4. The Labute approximate surface area is 153 Å². The zero-order chi connectivity index (χ0) is 17.3. The number of methoxy groups -OCH3 is 1. The van der Waals surface area contributed by atoms with Crippen molar-refractivity contribution in [2.75, 3.05) is 26.7 Å². The van der Waals surface area contributed by atoms with E-state index in [-0.39, 0.29) is 0 Å². The predicted octanol–water partition coefficient (Wildman–Crippen LogP) is 3.78. The topological polar surface area (TPSA) is 51.4 Å². The van der Waals surface area contributed by atoms with Gasteiger partial charge in [0, 0.05) is 37.7 Å². The highest BCUT2D eigenvalue weighted by molar-refractivity contribution is 6.31. The third-order valence-electron chi connectivity index (χ3n) is 5.48. The molecule has 1 aliphatic carbocycles. The zero-order valence-electron chi connectivity index (χ0n) is 14.6. The second-order valence-electron chi connectivity index (χ2n) is 7.11. The number of aromatic nitrogens is 2. The van der Waals surface area contributed by atoms with Crippen molar-refractivity contribution in [1.29, 1.82) is 0 Å². The summed E-state index contributed by atoms with van der Waals surface area (Å²) in [5.74, 6) is 2.01. The van der Waals surface area contributed by atoms with Crippen LogP contribution in [0.15, 0.2) is 28.8 Å². The Hall–Kier alpha value is -1.43. The fourth-order valence-electron chi connectivity index (χ4n) is 3.55. The van der Waals surface area contributed by atoms with Crippen molar-refractivity contribution >= 4 is 11.6 Å². The lowest BCUT2D eigenvalue weighted by Gasteiger charge is -2.38. The van der Waals surface area contributed by atoms with Gasteiger partial charge in [0.25, 0.3) is 5.89 Å². The Balaban J connectivity index is 1.36. The van der Waals surface area contributed by atoms with E-state index >= 15 is 0 Å². The Morgan fingerprint density at radius 2 is 2.04 bits per heavy atom. The van der Waals surface area contributed by atoms with Gasteiger partial charge in [0.15, 0.2) is 5.82 Å². The van der Waals surface area contributed by atoms with E-state index in [4.69, 9.17) is 20.9 Å². The van der Waals surface area contributed by atoms with Gasteiger partial charge in [-0.3, -0.25) is 0 Å². The highest BCUT2D eigenvalue weighted by Crippen LogP contribution is 2.41. The molecule has 2 aromatic rings. The first-order chi connectivity index (χ1) is 12.2. The maximum Gasteiger partial charge on any atom is 0.258 e. The van der Waals surface area contributed by atoms with Gasteiger partial charge in [-0.15, -0.1) is 0 Å². The molecule has 5 nitrogen and oxygen atoms in total. The average Bonchev–Trinajstić information content (AvgIpc) is 3.38. The molecule has 1 saturated heterocycles. The predicted molar refractivity (Wildman–Crippen MR) is 95.8 cm³/mol. The maximum absolute atomic E-state index is 6.26. The fraction of sp³-hybridized carbons (Fsp3) is 0.579. The van der Waals surface area contributed by atoms with Crippen LogP contribution >= 0.6 is 11.6 Å². The van der Waals surface area contributed by atoms with Crippen LogP contribution in [-0.2, 0) is 16.8 Å². The summed E-state index contributed by atoms with van der Waals surface area (Å²) in [5, 5.41) is 5.01. The van der Waals surface area contributed by atoms with E-state index in [1.807, 2.05) is 18.2 Å². The monoisotopic (exact) mass is 361 g/mol. The quantitative estimate of drug-likeness (QED) is 0.783. The first kappa shape index (κ1) is 17.0. The maximum atomic E-state index is 6.26. The molecule has 2 aliphatic rings. The van der Waals surface area contributed by atoms with Crippen molar-refractivity contribution in [3.8, 4) is 0 Å². The van der Waals surface area contributed by atoms with Crippen LogP contribution in [0.25, 0.3) is 0 Å². The molecule has 0 N–H and O–H groups in total. The SMILES string of the molecule is COC1(c2nc(C3CC3)no2)CCN(CCc2ccccc2Cl)CC1. The van der Waals surface area contributed by atoms with Crippen LogP contribution in [0.5, 0.6) is 0 Å². The van der Waals surface area contributed by atoms with Crippen LogP contribution in [0.3, 0.4) is 0 Å². The summed E-state index contributed by atoms with van der Waals surface area (Å²) in [7, 11) is 1.75. The number of piperidine rings is 1. The lowest BCUT2D eigenvalue weighted by Crippen LogP contribution is -2.44. The van der Waals surface area contributed by atoms with Crippen LogP contribution in [-0.4, -0.2) is 41.8 Å². The van der Waals surface area contributed by atoms with E-state index in [1.165, 1.54) is 18.4 Å². The normalized spacial score (nSPS) is 20.7. The third-order valence-corrected chi connectivity index (χ3v) is 5.85. The van der Waals surface area contributed by atoms with Gasteiger partial charge in [-0.2, -0.15) is 4.98 Å². The van der Waals surface area contributed by atoms with Crippen LogP contribution < -0.4 is 0 Å². The molecular formula is C19H24ClN3O2. The average molecular weight is 362 g/mol.